The topological polar surface area (TPSA) is 51.6 Å². The normalized spacial score (nSPS) is 9.85. The molecule has 0 aliphatic heterocycles. The van der Waals surface area contributed by atoms with Crippen molar-refractivity contribution in [1.29, 1.82) is 0 Å². The van der Waals surface area contributed by atoms with E-state index in [0.717, 1.165) is 0 Å². The first-order valence-corrected chi connectivity index (χ1v) is 4.49. The zero-order valence-corrected chi connectivity index (χ0v) is 7.48. The van der Waals surface area contributed by atoms with Crippen LogP contribution in [-0.2, 0) is 0 Å². The third kappa shape index (κ3) is 2.22. The van der Waals surface area contributed by atoms with Crippen LogP contribution in [0, 0.1) is 0 Å². The second-order valence-electron chi connectivity index (χ2n) is 2.16. The van der Waals surface area contributed by atoms with Crippen LogP contribution in [0.4, 0.5) is 0 Å². The molecule has 0 radical (unpaired) electrons. The summed E-state index contributed by atoms with van der Waals surface area (Å²) in [6.07, 6.45) is 6.77. The molecule has 2 rings (SSSR count). The Bertz CT molecular complexity index is 327. The zero-order valence-electron chi connectivity index (χ0n) is 6.66. The van der Waals surface area contributed by atoms with Crippen LogP contribution in [0.3, 0.4) is 0 Å². The van der Waals surface area contributed by atoms with Crippen molar-refractivity contribution in [3.63, 3.8) is 0 Å². The molecule has 13 heavy (non-hydrogen) atoms. The van der Waals surface area contributed by atoms with Crippen molar-refractivity contribution in [1.82, 2.24) is 19.9 Å². The van der Waals surface area contributed by atoms with Crippen molar-refractivity contribution in [2.75, 3.05) is 0 Å². The van der Waals surface area contributed by atoms with Gasteiger partial charge in [0.1, 0.15) is 0 Å². The van der Waals surface area contributed by atoms with Crippen molar-refractivity contribution in [3.05, 3.63) is 36.9 Å². The van der Waals surface area contributed by atoms with Crippen LogP contribution in [0.5, 0.6) is 0 Å². The van der Waals surface area contributed by atoms with Gasteiger partial charge in [0, 0.05) is 24.8 Å². The van der Waals surface area contributed by atoms with E-state index >= 15 is 0 Å². The molecule has 5 heteroatoms. The fraction of sp³-hybridized carbons (Fsp3) is 0. The lowest BCUT2D eigenvalue weighted by atomic mass is 10.7. The van der Waals surface area contributed by atoms with Crippen LogP contribution in [0.2, 0.25) is 0 Å². The smallest absolute Gasteiger partial charge is 0.195 e. The third-order valence-corrected chi connectivity index (χ3v) is 2.05. The molecule has 64 valence electrons. The summed E-state index contributed by atoms with van der Waals surface area (Å²) < 4.78 is 0. The molecule has 0 atom stereocenters. The number of rotatable bonds is 2. The molecule has 2 aromatic rings. The molecule has 2 aromatic heterocycles. The average Bonchev–Trinajstić information content (AvgIpc) is 2.21. The van der Waals surface area contributed by atoms with Gasteiger partial charge >= 0.3 is 0 Å². The molecular weight excluding hydrogens is 184 g/mol. The van der Waals surface area contributed by atoms with Crippen LogP contribution in [0.15, 0.2) is 47.2 Å². The van der Waals surface area contributed by atoms with Gasteiger partial charge in [0.15, 0.2) is 10.3 Å². The number of hydrogen-bond acceptors (Lipinski definition) is 5. The first-order valence-electron chi connectivity index (χ1n) is 3.67. The monoisotopic (exact) mass is 190 g/mol. The van der Waals surface area contributed by atoms with Gasteiger partial charge in [-0.05, 0) is 23.9 Å². The maximum Gasteiger partial charge on any atom is 0.195 e. The first kappa shape index (κ1) is 8.12. The predicted molar refractivity (Wildman–Crippen MR) is 48.2 cm³/mol. The lowest BCUT2D eigenvalue weighted by molar-refractivity contribution is 0.926. The summed E-state index contributed by atoms with van der Waals surface area (Å²) in [5, 5.41) is 1.32. The van der Waals surface area contributed by atoms with Gasteiger partial charge in [0.2, 0.25) is 0 Å². The molecule has 4 nitrogen and oxygen atoms in total. The van der Waals surface area contributed by atoms with Crippen LogP contribution in [-0.4, -0.2) is 19.9 Å². The minimum Gasteiger partial charge on any atom is -0.231 e. The Morgan fingerprint density at radius 3 is 1.46 bits per heavy atom. The van der Waals surface area contributed by atoms with Gasteiger partial charge < -0.3 is 0 Å². The van der Waals surface area contributed by atoms with Crippen LogP contribution >= 0.6 is 11.8 Å². The summed E-state index contributed by atoms with van der Waals surface area (Å²) in [5.41, 5.74) is 0. The van der Waals surface area contributed by atoms with Gasteiger partial charge in [-0.25, -0.2) is 19.9 Å². The number of hydrogen-bond donors (Lipinski definition) is 0. The van der Waals surface area contributed by atoms with Crippen LogP contribution in [0.1, 0.15) is 0 Å². The Labute approximate surface area is 79.5 Å². The quantitative estimate of drug-likeness (QED) is 0.670. The Morgan fingerprint density at radius 2 is 1.08 bits per heavy atom. The Morgan fingerprint density at radius 1 is 0.692 bits per heavy atom. The van der Waals surface area contributed by atoms with E-state index in [4.69, 9.17) is 0 Å². The van der Waals surface area contributed by atoms with Gasteiger partial charge in [-0.1, -0.05) is 0 Å². The summed E-state index contributed by atoms with van der Waals surface area (Å²) >= 11 is 1.34. The van der Waals surface area contributed by atoms with E-state index in [2.05, 4.69) is 19.9 Å². The second kappa shape index (κ2) is 3.95. The number of nitrogens with zero attached hydrogens (tertiary/aromatic N) is 4. The summed E-state index contributed by atoms with van der Waals surface area (Å²) in [4.78, 5) is 16.2. The molecule has 2 heterocycles. The Hall–Kier alpha value is -1.49. The van der Waals surface area contributed by atoms with Gasteiger partial charge in [-0.3, -0.25) is 0 Å². The zero-order chi connectivity index (χ0) is 8.93. The highest BCUT2D eigenvalue weighted by Gasteiger charge is 1.99. The van der Waals surface area contributed by atoms with E-state index < -0.39 is 0 Å². The molecule has 0 aromatic carbocycles. The Kier molecular flexibility index (Phi) is 2.47. The first-order chi connectivity index (χ1) is 6.45. The molecule has 0 amide bonds. The van der Waals surface area contributed by atoms with Gasteiger partial charge in [-0.15, -0.1) is 0 Å². The van der Waals surface area contributed by atoms with Gasteiger partial charge in [0.25, 0.3) is 0 Å². The molecule has 0 spiro atoms. The molecule has 0 unspecified atom stereocenters. The molecular formula is C8H6N4S. The van der Waals surface area contributed by atoms with Crippen LogP contribution in [0.25, 0.3) is 0 Å². The highest BCUT2D eigenvalue weighted by Crippen LogP contribution is 2.18. The van der Waals surface area contributed by atoms with Crippen LogP contribution < -0.4 is 0 Å². The molecule has 0 saturated carbocycles. The Balaban J connectivity index is 2.16. The van der Waals surface area contributed by atoms with E-state index in [1.54, 1.807) is 36.9 Å². The average molecular weight is 190 g/mol. The maximum atomic E-state index is 4.05. The standard InChI is InChI=1S/C8H6N4S/c1-3-9-7(10-4-1)13-8-11-5-2-6-12-8/h1-6H. The molecule has 0 saturated heterocycles. The summed E-state index contributed by atoms with van der Waals surface area (Å²) in [7, 11) is 0. The van der Waals surface area contributed by atoms with Crippen molar-refractivity contribution in [2.45, 2.75) is 10.3 Å². The van der Waals surface area contributed by atoms with E-state index in [0.29, 0.717) is 10.3 Å². The molecule has 0 bridgehead atoms. The lowest BCUT2D eigenvalue weighted by Crippen LogP contribution is -1.87. The van der Waals surface area contributed by atoms with Crippen molar-refractivity contribution in [2.24, 2.45) is 0 Å². The molecule has 0 N–H and O–H groups in total. The highest BCUT2D eigenvalue weighted by molar-refractivity contribution is 7.99. The van der Waals surface area contributed by atoms with Gasteiger partial charge in [0.05, 0.1) is 0 Å². The summed E-state index contributed by atoms with van der Waals surface area (Å²) in [5.74, 6) is 0. The van der Waals surface area contributed by atoms with E-state index in [1.165, 1.54) is 11.8 Å². The summed E-state index contributed by atoms with van der Waals surface area (Å²) in [6.45, 7) is 0. The molecule has 0 aliphatic carbocycles. The van der Waals surface area contributed by atoms with E-state index in [-0.39, 0.29) is 0 Å². The molecule has 0 aliphatic rings. The molecule has 0 fully saturated rings. The van der Waals surface area contributed by atoms with Crippen molar-refractivity contribution in [3.8, 4) is 0 Å². The van der Waals surface area contributed by atoms with E-state index in [9.17, 15) is 0 Å². The summed E-state index contributed by atoms with van der Waals surface area (Å²) in [6, 6.07) is 3.55. The minimum atomic E-state index is 0.661. The largest absolute Gasteiger partial charge is 0.231 e. The van der Waals surface area contributed by atoms with Crippen molar-refractivity contribution < 1.29 is 0 Å². The lowest BCUT2D eigenvalue weighted by Gasteiger charge is -1.95. The van der Waals surface area contributed by atoms with E-state index in [1.807, 2.05) is 0 Å². The SMILES string of the molecule is c1cnc(Sc2ncccn2)nc1. The third-order valence-electron chi connectivity index (χ3n) is 1.27. The van der Waals surface area contributed by atoms with Gasteiger partial charge in [-0.2, -0.15) is 0 Å². The second-order valence-corrected chi connectivity index (χ2v) is 3.10. The van der Waals surface area contributed by atoms with Crippen molar-refractivity contribution >= 4 is 11.8 Å². The fourth-order valence-electron chi connectivity index (χ4n) is 0.758. The maximum absolute atomic E-state index is 4.05. The predicted octanol–water partition coefficient (Wildman–Crippen LogP) is 1.42. The highest BCUT2D eigenvalue weighted by atomic mass is 32.2. The number of aromatic nitrogens is 4. The minimum absolute atomic E-state index is 0.661. The fourth-order valence-corrected chi connectivity index (χ4v) is 1.38.